The van der Waals surface area contributed by atoms with Crippen LogP contribution >= 0.6 is 0 Å². The lowest BCUT2D eigenvalue weighted by molar-refractivity contribution is 0.0526. The Morgan fingerprint density at radius 2 is 1.67 bits per heavy atom. The Balaban J connectivity index is 2.83. The Morgan fingerprint density at radius 3 is 2.11 bits per heavy atom. The van der Waals surface area contributed by atoms with Crippen LogP contribution in [0.5, 0.6) is 0 Å². The minimum absolute atomic E-state index is 0.0854. The molecule has 1 rings (SSSR count). The molecule has 0 heterocycles. The van der Waals surface area contributed by atoms with Gasteiger partial charge in [-0.15, -0.1) is 0 Å². The largest absolute Gasteiger partial charge is 0.462 e. The van der Waals surface area contributed by atoms with Crippen molar-refractivity contribution < 1.29 is 14.3 Å². The highest BCUT2D eigenvalue weighted by atomic mass is 16.5. The van der Waals surface area contributed by atoms with Crippen molar-refractivity contribution >= 4 is 11.8 Å². The summed E-state index contributed by atoms with van der Waals surface area (Å²) in [5, 5.41) is 0. The molecule has 0 saturated heterocycles. The zero-order valence-electron chi connectivity index (χ0n) is 11.0. The fourth-order valence-corrected chi connectivity index (χ4v) is 1.48. The second-order valence-corrected chi connectivity index (χ2v) is 4.43. The van der Waals surface area contributed by atoms with Gasteiger partial charge in [0.1, 0.15) is 0 Å². The average Bonchev–Trinajstić information content (AvgIpc) is 2.37. The van der Waals surface area contributed by atoms with Gasteiger partial charge in [0.2, 0.25) is 0 Å². The Bertz CT molecular complexity index is 423. The van der Waals surface area contributed by atoms with Gasteiger partial charge in [-0.2, -0.15) is 0 Å². The Labute approximate surface area is 107 Å². The van der Waals surface area contributed by atoms with Crippen LogP contribution in [0.3, 0.4) is 0 Å². The average molecular weight is 249 g/mol. The summed E-state index contributed by atoms with van der Waals surface area (Å²) in [5.74, 6) is -0.410. The molecule has 0 aromatic heterocycles. The highest BCUT2D eigenvalue weighted by Crippen LogP contribution is 2.11. The van der Waals surface area contributed by atoms with Crippen LogP contribution in [0.2, 0.25) is 0 Å². The fraction of sp³-hybridized carbons (Fsp3) is 0.429. The number of carbonyl (C=O) groups is 2. The molecular weight excluding hydrogens is 230 g/mol. The molecule has 0 radical (unpaired) electrons. The Hall–Kier alpha value is -1.68. The predicted molar refractivity (Wildman–Crippen MR) is 69.5 cm³/mol. The molecule has 1 atom stereocenters. The summed E-state index contributed by atoms with van der Waals surface area (Å²) in [6, 6.07) is 5.86. The summed E-state index contributed by atoms with van der Waals surface area (Å²) in [6.07, 6.45) is 0. The maximum absolute atomic E-state index is 12.0. The van der Waals surface area contributed by atoms with E-state index in [1.54, 1.807) is 31.2 Å². The molecule has 0 bridgehead atoms. The molecule has 4 nitrogen and oxygen atoms in total. The van der Waals surface area contributed by atoms with Gasteiger partial charge in [-0.1, -0.05) is 26.0 Å². The quantitative estimate of drug-likeness (QED) is 0.640. The first kappa shape index (κ1) is 14.4. The van der Waals surface area contributed by atoms with Gasteiger partial charge >= 0.3 is 5.97 Å². The summed E-state index contributed by atoms with van der Waals surface area (Å²) in [7, 11) is 0. The third-order valence-corrected chi connectivity index (χ3v) is 2.70. The molecule has 2 N–H and O–H groups in total. The van der Waals surface area contributed by atoms with E-state index in [0.29, 0.717) is 17.7 Å². The summed E-state index contributed by atoms with van der Waals surface area (Å²) in [4.78, 5) is 23.4. The zero-order chi connectivity index (χ0) is 13.7. The van der Waals surface area contributed by atoms with E-state index >= 15 is 0 Å². The van der Waals surface area contributed by atoms with Gasteiger partial charge in [-0.05, 0) is 25.0 Å². The first-order valence-corrected chi connectivity index (χ1v) is 6.04. The molecule has 1 aromatic rings. The first-order chi connectivity index (χ1) is 8.47. The Kier molecular flexibility index (Phi) is 5.04. The molecule has 0 fully saturated rings. The highest BCUT2D eigenvalue weighted by molar-refractivity contribution is 6.01. The Morgan fingerprint density at radius 1 is 1.17 bits per heavy atom. The van der Waals surface area contributed by atoms with Crippen molar-refractivity contribution in [3.8, 4) is 0 Å². The molecule has 1 unspecified atom stereocenters. The van der Waals surface area contributed by atoms with E-state index in [-0.39, 0.29) is 17.7 Å². The molecular formula is C14H19NO3. The molecule has 98 valence electrons. The summed E-state index contributed by atoms with van der Waals surface area (Å²) < 4.78 is 4.87. The minimum Gasteiger partial charge on any atom is -0.462 e. The number of rotatable bonds is 5. The van der Waals surface area contributed by atoms with E-state index in [1.807, 2.05) is 13.8 Å². The van der Waals surface area contributed by atoms with Crippen LogP contribution in [0, 0.1) is 5.92 Å². The van der Waals surface area contributed by atoms with Crippen LogP contribution in [-0.4, -0.2) is 24.4 Å². The zero-order valence-corrected chi connectivity index (χ0v) is 11.0. The number of nitrogens with two attached hydrogens (primary N) is 1. The first-order valence-electron chi connectivity index (χ1n) is 6.04. The van der Waals surface area contributed by atoms with Gasteiger partial charge in [0.05, 0.1) is 18.2 Å². The number of carbonyl (C=O) groups excluding carboxylic acids is 2. The van der Waals surface area contributed by atoms with Gasteiger partial charge in [-0.3, -0.25) is 4.79 Å². The van der Waals surface area contributed by atoms with Gasteiger partial charge < -0.3 is 10.5 Å². The van der Waals surface area contributed by atoms with Gasteiger partial charge in [-0.25, -0.2) is 4.79 Å². The fourth-order valence-electron chi connectivity index (χ4n) is 1.48. The van der Waals surface area contributed by atoms with Crippen molar-refractivity contribution in [3.63, 3.8) is 0 Å². The highest BCUT2D eigenvalue weighted by Gasteiger charge is 2.19. The number of benzene rings is 1. The van der Waals surface area contributed by atoms with E-state index in [0.717, 1.165) is 0 Å². The number of Topliss-reactive ketones (excluding diaryl/α,β-unsaturated/α-hetero) is 1. The monoisotopic (exact) mass is 249 g/mol. The standard InChI is InChI=1S/C14H19NO3/c1-4-18-14(17)11-7-5-10(6-8-11)13(16)12(15)9(2)3/h5-9,12H,4,15H2,1-3H3. The lowest BCUT2D eigenvalue weighted by Crippen LogP contribution is -2.35. The molecule has 0 aliphatic rings. The molecule has 4 heteroatoms. The van der Waals surface area contributed by atoms with Crippen LogP contribution in [0.1, 0.15) is 41.5 Å². The van der Waals surface area contributed by atoms with E-state index in [9.17, 15) is 9.59 Å². The lowest BCUT2D eigenvalue weighted by Gasteiger charge is -2.14. The van der Waals surface area contributed by atoms with Crippen molar-refractivity contribution in [2.75, 3.05) is 6.61 Å². The molecule has 0 spiro atoms. The second kappa shape index (κ2) is 6.31. The third-order valence-electron chi connectivity index (χ3n) is 2.70. The third kappa shape index (κ3) is 3.40. The van der Waals surface area contributed by atoms with Crippen LogP contribution in [-0.2, 0) is 4.74 Å². The van der Waals surface area contributed by atoms with Gasteiger partial charge in [0.15, 0.2) is 5.78 Å². The van der Waals surface area contributed by atoms with Crippen molar-refractivity contribution in [1.82, 2.24) is 0 Å². The van der Waals surface area contributed by atoms with Gasteiger partial charge in [0, 0.05) is 5.56 Å². The maximum Gasteiger partial charge on any atom is 0.338 e. The summed E-state index contributed by atoms with van der Waals surface area (Å²) >= 11 is 0. The van der Waals surface area contributed by atoms with Gasteiger partial charge in [0.25, 0.3) is 0 Å². The predicted octanol–water partition coefficient (Wildman–Crippen LogP) is 2.03. The van der Waals surface area contributed by atoms with Crippen molar-refractivity contribution in [2.24, 2.45) is 11.7 Å². The smallest absolute Gasteiger partial charge is 0.338 e. The minimum atomic E-state index is -0.515. The van der Waals surface area contributed by atoms with Crippen molar-refractivity contribution in [1.29, 1.82) is 0 Å². The number of ketones is 1. The molecule has 18 heavy (non-hydrogen) atoms. The summed E-state index contributed by atoms with van der Waals surface area (Å²) in [5.41, 5.74) is 6.75. The molecule has 1 aromatic carbocycles. The molecule has 0 aliphatic carbocycles. The number of hydrogen-bond donors (Lipinski definition) is 1. The van der Waals surface area contributed by atoms with Crippen molar-refractivity contribution in [3.05, 3.63) is 35.4 Å². The van der Waals surface area contributed by atoms with Crippen LogP contribution in [0.15, 0.2) is 24.3 Å². The number of esters is 1. The lowest BCUT2D eigenvalue weighted by atomic mass is 9.95. The number of ether oxygens (including phenoxy) is 1. The SMILES string of the molecule is CCOC(=O)c1ccc(C(=O)C(N)C(C)C)cc1. The summed E-state index contributed by atoms with van der Waals surface area (Å²) in [6.45, 7) is 5.88. The molecule has 0 amide bonds. The molecule has 0 saturated carbocycles. The second-order valence-electron chi connectivity index (χ2n) is 4.43. The van der Waals surface area contributed by atoms with Crippen molar-refractivity contribution in [2.45, 2.75) is 26.8 Å². The van der Waals surface area contributed by atoms with Crippen LogP contribution in [0.25, 0.3) is 0 Å². The topological polar surface area (TPSA) is 69.4 Å². The van der Waals surface area contributed by atoms with Crippen LogP contribution < -0.4 is 5.73 Å². The van der Waals surface area contributed by atoms with E-state index < -0.39 is 6.04 Å². The van der Waals surface area contributed by atoms with E-state index in [4.69, 9.17) is 10.5 Å². The number of hydrogen-bond acceptors (Lipinski definition) is 4. The normalized spacial score (nSPS) is 12.3. The van der Waals surface area contributed by atoms with E-state index in [1.165, 1.54) is 0 Å². The van der Waals surface area contributed by atoms with E-state index in [2.05, 4.69) is 0 Å². The maximum atomic E-state index is 12.0. The van der Waals surface area contributed by atoms with Crippen LogP contribution in [0.4, 0.5) is 0 Å². The molecule has 0 aliphatic heterocycles.